The molecule has 1 N–H and O–H groups in total. The van der Waals surface area contributed by atoms with E-state index < -0.39 is 30.6 Å². The fourth-order valence-corrected chi connectivity index (χ4v) is 2.99. The van der Waals surface area contributed by atoms with Crippen LogP contribution in [0.3, 0.4) is 0 Å². The summed E-state index contributed by atoms with van der Waals surface area (Å²) < 4.78 is 22.4. The summed E-state index contributed by atoms with van der Waals surface area (Å²) >= 11 is 0. The minimum absolute atomic E-state index is 0.211. The van der Waals surface area contributed by atoms with Crippen LogP contribution in [0.1, 0.15) is 18.1 Å². The molecule has 6 nitrogen and oxygen atoms in total. The lowest BCUT2D eigenvalue weighted by atomic mass is 10.1. The van der Waals surface area contributed by atoms with Gasteiger partial charge in [0.1, 0.15) is 12.2 Å². The van der Waals surface area contributed by atoms with E-state index in [-0.39, 0.29) is 6.61 Å². The molecule has 0 radical (unpaired) electrons. The van der Waals surface area contributed by atoms with Crippen LogP contribution in [-0.2, 0) is 37.0 Å². The molecule has 1 heterocycles. The molecule has 2 aromatic rings. The molecule has 0 bridgehead atoms. The highest BCUT2D eigenvalue weighted by Gasteiger charge is 2.47. The van der Waals surface area contributed by atoms with Crippen molar-refractivity contribution in [2.45, 2.75) is 44.7 Å². The molecule has 6 heteroatoms. The average molecular weight is 372 g/mol. The number of hydrogen-bond donors (Lipinski definition) is 1. The van der Waals surface area contributed by atoms with E-state index in [4.69, 9.17) is 18.9 Å². The molecule has 3 rings (SSSR count). The first-order chi connectivity index (χ1) is 13.1. The number of aliphatic hydroxyl groups excluding tert-OH is 1. The van der Waals surface area contributed by atoms with Crippen molar-refractivity contribution in [3.05, 3.63) is 71.8 Å². The summed E-state index contributed by atoms with van der Waals surface area (Å²) in [5, 5.41) is 10.2. The van der Waals surface area contributed by atoms with Crippen molar-refractivity contribution in [2.24, 2.45) is 0 Å². The molecular formula is C21H24O6. The van der Waals surface area contributed by atoms with Crippen molar-refractivity contribution in [1.29, 1.82) is 0 Å². The highest BCUT2D eigenvalue weighted by atomic mass is 16.7. The van der Waals surface area contributed by atoms with Gasteiger partial charge in [0.05, 0.1) is 19.8 Å². The zero-order valence-electron chi connectivity index (χ0n) is 15.2. The van der Waals surface area contributed by atoms with Gasteiger partial charge in [0, 0.05) is 6.92 Å². The van der Waals surface area contributed by atoms with Gasteiger partial charge in [-0.15, -0.1) is 0 Å². The molecule has 144 valence electrons. The fraction of sp³-hybridized carbons (Fsp3) is 0.381. The number of aliphatic hydroxyl groups is 1. The van der Waals surface area contributed by atoms with Gasteiger partial charge in [-0.2, -0.15) is 0 Å². The Labute approximate surface area is 158 Å². The van der Waals surface area contributed by atoms with Gasteiger partial charge in [-0.3, -0.25) is 4.79 Å². The Morgan fingerprint density at radius 3 is 2.15 bits per heavy atom. The van der Waals surface area contributed by atoms with Crippen molar-refractivity contribution in [3.63, 3.8) is 0 Å². The van der Waals surface area contributed by atoms with Gasteiger partial charge in [-0.05, 0) is 11.1 Å². The first kappa shape index (κ1) is 19.5. The van der Waals surface area contributed by atoms with Gasteiger partial charge in [0.15, 0.2) is 12.4 Å². The number of rotatable bonds is 8. The standard InChI is InChI=1S/C21H24O6/c1-15(22)26-20-19(25-13-17-10-6-3-7-11-17)18(27-21(20)23)14-24-12-16-8-4-2-5-9-16/h2-11,18-21,23H,12-14H2,1H3/t18-,19?,20+,21+/m1/s1. The second kappa shape index (κ2) is 9.62. The van der Waals surface area contributed by atoms with Crippen molar-refractivity contribution < 1.29 is 28.8 Å². The molecule has 0 aliphatic carbocycles. The van der Waals surface area contributed by atoms with Crippen LogP contribution in [0.5, 0.6) is 0 Å². The van der Waals surface area contributed by atoms with Crippen molar-refractivity contribution in [2.75, 3.05) is 6.61 Å². The van der Waals surface area contributed by atoms with Crippen molar-refractivity contribution >= 4 is 5.97 Å². The second-order valence-electron chi connectivity index (χ2n) is 6.40. The average Bonchev–Trinajstić information content (AvgIpc) is 2.96. The van der Waals surface area contributed by atoms with E-state index in [1.165, 1.54) is 6.92 Å². The van der Waals surface area contributed by atoms with Crippen LogP contribution in [0, 0.1) is 0 Å². The summed E-state index contributed by atoms with van der Waals surface area (Å²) in [6.45, 7) is 2.23. The van der Waals surface area contributed by atoms with Gasteiger partial charge in [-0.25, -0.2) is 0 Å². The smallest absolute Gasteiger partial charge is 0.303 e. The monoisotopic (exact) mass is 372 g/mol. The highest BCUT2D eigenvalue weighted by Crippen LogP contribution is 2.27. The number of carbonyl (C=O) groups is 1. The maximum atomic E-state index is 11.4. The van der Waals surface area contributed by atoms with Crippen LogP contribution in [-0.4, -0.2) is 42.3 Å². The summed E-state index contributed by atoms with van der Waals surface area (Å²) in [5.74, 6) is -0.498. The molecule has 2 aromatic carbocycles. The predicted molar refractivity (Wildman–Crippen MR) is 97.6 cm³/mol. The van der Waals surface area contributed by atoms with E-state index in [0.717, 1.165) is 11.1 Å². The molecule has 0 aromatic heterocycles. The quantitative estimate of drug-likeness (QED) is 0.718. The van der Waals surface area contributed by atoms with E-state index in [2.05, 4.69) is 0 Å². The van der Waals surface area contributed by atoms with Gasteiger partial charge < -0.3 is 24.1 Å². The van der Waals surface area contributed by atoms with Gasteiger partial charge in [-0.1, -0.05) is 60.7 Å². The van der Waals surface area contributed by atoms with Crippen LogP contribution >= 0.6 is 0 Å². The maximum absolute atomic E-state index is 11.4. The zero-order chi connectivity index (χ0) is 19.1. The van der Waals surface area contributed by atoms with E-state index in [9.17, 15) is 9.90 Å². The Morgan fingerprint density at radius 1 is 0.963 bits per heavy atom. The van der Waals surface area contributed by atoms with Gasteiger partial charge >= 0.3 is 5.97 Å². The molecule has 27 heavy (non-hydrogen) atoms. The molecule has 1 aliphatic heterocycles. The number of carbonyl (C=O) groups excluding carboxylic acids is 1. The van der Waals surface area contributed by atoms with Crippen LogP contribution in [0.4, 0.5) is 0 Å². The maximum Gasteiger partial charge on any atom is 0.303 e. The molecule has 0 saturated carbocycles. The van der Waals surface area contributed by atoms with Crippen LogP contribution in [0.15, 0.2) is 60.7 Å². The Bertz CT molecular complexity index is 705. The SMILES string of the molecule is CC(=O)O[C@H]1C(OCc2ccccc2)[C@@H](COCc2ccccc2)O[C@@H]1O. The molecule has 0 amide bonds. The lowest BCUT2D eigenvalue weighted by molar-refractivity contribution is -0.172. The van der Waals surface area contributed by atoms with Crippen molar-refractivity contribution in [1.82, 2.24) is 0 Å². The van der Waals surface area contributed by atoms with E-state index >= 15 is 0 Å². The molecule has 1 saturated heterocycles. The number of ether oxygens (including phenoxy) is 4. The minimum Gasteiger partial charge on any atom is -0.454 e. The molecule has 1 unspecified atom stereocenters. The molecule has 1 fully saturated rings. The van der Waals surface area contributed by atoms with Crippen molar-refractivity contribution in [3.8, 4) is 0 Å². The number of esters is 1. The molecular weight excluding hydrogens is 348 g/mol. The van der Waals surface area contributed by atoms with Crippen LogP contribution in [0.2, 0.25) is 0 Å². The zero-order valence-corrected chi connectivity index (χ0v) is 15.2. The summed E-state index contributed by atoms with van der Waals surface area (Å²) in [6.07, 6.45) is -3.31. The van der Waals surface area contributed by atoms with E-state index in [1.807, 2.05) is 60.7 Å². The summed E-state index contributed by atoms with van der Waals surface area (Å²) in [7, 11) is 0. The third kappa shape index (κ3) is 5.61. The van der Waals surface area contributed by atoms with Crippen LogP contribution < -0.4 is 0 Å². The lowest BCUT2D eigenvalue weighted by Crippen LogP contribution is -2.40. The van der Waals surface area contributed by atoms with E-state index in [0.29, 0.717) is 13.2 Å². The van der Waals surface area contributed by atoms with Gasteiger partial charge in [0.2, 0.25) is 0 Å². The topological polar surface area (TPSA) is 74.2 Å². The highest BCUT2D eigenvalue weighted by molar-refractivity contribution is 5.66. The summed E-state index contributed by atoms with van der Waals surface area (Å²) in [5.41, 5.74) is 2.01. The first-order valence-corrected chi connectivity index (χ1v) is 8.91. The minimum atomic E-state index is -1.25. The molecule has 4 atom stereocenters. The summed E-state index contributed by atoms with van der Waals surface area (Å²) in [4.78, 5) is 11.4. The Morgan fingerprint density at radius 2 is 1.56 bits per heavy atom. The molecule has 1 aliphatic rings. The Hall–Kier alpha value is -2.25. The third-order valence-electron chi connectivity index (χ3n) is 4.27. The predicted octanol–water partition coefficient (Wildman–Crippen LogP) is 2.44. The largest absolute Gasteiger partial charge is 0.454 e. The Kier molecular flexibility index (Phi) is 6.95. The number of hydrogen-bond acceptors (Lipinski definition) is 6. The van der Waals surface area contributed by atoms with Crippen LogP contribution in [0.25, 0.3) is 0 Å². The third-order valence-corrected chi connectivity index (χ3v) is 4.27. The fourth-order valence-electron chi connectivity index (χ4n) is 2.99. The Balaban J connectivity index is 1.61. The summed E-state index contributed by atoms with van der Waals surface area (Å²) in [6, 6.07) is 19.4. The van der Waals surface area contributed by atoms with Gasteiger partial charge in [0.25, 0.3) is 0 Å². The first-order valence-electron chi connectivity index (χ1n) is 8.91. The normalized spacial score (nSPS) is 24.7. The molecule has 0 spiro atoms. The lowest BCUT2D eigenvalue weighted by Gasteiger charge is -2.23. The second-order valence-corrected chi connectivity index (χ2v) is 6.40. The van der Waals surface area contributed by atoms with E-state index in [1.54, 1.807) is 0 Å². The number of benzene rings is 2.